The van der Waals surface area contributed by atoms with Gasteiger partial charge in [0.15, 0.2) is 0 Å². The minimum absolute atomic E-state index is 0. The quantitative estimate of drug-likeness (QED) is 0.132. The van der Waals surface area contributed by atoms with Crippen molar-refractivity contribution in [2.24, 2.45) is 0 Å². The maximum Gasteiger partial charge on any atom is 1.00 e. The van der Waals surface area contributed by atoms with Gasteiger partial charge < -0.3 is 4.55 Å². The average molecular weight is 691 g/mol. The molecule has 2 aromatic carbocycles. The molecule has 0 bridgehead atoms. The molecule has 9 nitrogen and oxygen atoms in total. The fraction of sp³-hybridized carbons (Fsp3) is 0.500. The van der Waals surface area contributed by atoms with Crippen LogP contribution in [0.5, 0.6) is 0 Å². The smallest absolute Gasteiger partial charge is 0.744 e. The molecule has 0 unspecified atom stereocenters. The molecule has 0 saturated carbocycles. The summed E-state index contributed by atoms with van der Waals surface area (Å²) in [7, 11) is -18.4. The van der Waals surface area contributed by atoms with Gasteiger partial charge in [-0.1, -0.05) is 38.1 Å². The van der Waals surface area contributed by atoms with Crippen molar-refractivity contribution in [3.63, 3.8) is 0 Å². The first-order valence-corrected chi connectivity index (χ1v) is 14.9. The molecule has 0 amide bonds. The summed E-state index contributed by atoms with van der Waals surface area (Å²) in [5.74, 6) is -20.2. The molecule has 21 heteroatoms. The van der Waals surface area contributed by atoms with Gasteiger partial charge in [0.05, 0.1) is 4.90 Å². The summed E-state index contributed by atoms with van der Waals surface area (Å²) in [6.45, 7) is -4.12. The Labute approximate surface area is 272 Å². The number of hydrogen-bond donors (Lipinski definition) is 0. The Morgan fingerprint density at radius 1 is 0.683 bits per heavy atom. The van der Waals surface area contributed by atoms with Crippen LogP contribution in [0.2, 0.25) is 0 Å². The van der Waals surface area contributed by atoms with Crippen LogP contribution in [-0.2, 0) is 38.7 Å². The molecule has 0 atom stereocenters. The molecule has 0 saturated heterocycles. The topological polar surface area (TPSA) is 144 Å². The normalized spacial score (nSPS) is 14.2. The van der Waals surface area contributed by atoms with Crippen molar-refractivity contribution in [3.8, 4) is 0 Å². The summed E-state index contributed by atoms with van der Waals surface area (Å²) in [5, 5.41) is -1.44. The zero-order valence-corrected chi connectivity index (χ0v) is 26.7. The summed E-state index contributed by atoms with van der Waals surface area (Å²) in [5.41, 5.74) is 0. The van der Waals surface area contributed by atoms with Crippen LogP contribution in [0.1, 0.15) is 26.7 Å². The molecule has 0 spiro atoms. The van der Waals surface area contributed by atoms with Crippen molar-refractivity contribution >= 4 is 41.1 Å². The second-order valence-corrected chi connectivity index (χ2v) is 12.6. The van der Waals surface area contributed by atoms with E-state index in [0.29, 0.717) is 13.8 Å². The molecule has 0 aliphatic rings. The van der Waals surface area contributed by atoms with Gasteiger partial charge in [-0.3, -0.25) is 8.37 Å². The SMILES string of the molecule is CCC(F)(F)C(F)(F)COS(=O)(=O)c1c(S(=O)(=O)[O-])cc2ccccc2c1S(=O)(=O)OCC(F)(F)C(F)(F)CC.[K+]. The number of rotatable bonds is 13. The van der Waals surface area contributed by atoms with Gasteiger partial charge in [-0.05, 0) is 11.5 Å². The molecule has 0 heterocycles. The van der Waals surface area contributed by atoms with Gasteiger partial charge in [-0.2, -0.15) is 52.0 Å². The van der Waals surface area contributed by atoms with Crippen LogP contribution in [0.4, 0.5) is 35.1 Å². The third kappa shape index (κ3) is 8.16. The average Bonchev–Trinajstić information content (AvgIpc) is 2.84. The zero-order chi connectivity index (χ0) is 31.2. The monoisotopic (exact) mass is 690 g/mol. The fourth-order valence-electron chi connectivity index (χ4n) is 3.09. The number of benzene rings is 2. The minimum Gasteiger partial charge on any atom is -0.744 e. The molecule has 0 aliphatic carbocycles. The van der Waals surface area contributed by atoms with E-state index in [4.69, 9.17) is 0 Å². The Morgan fingerprint density at radius 2 is 1.07 bits per heavy atom. The van der Waals surface area contributed by atoms with E-state index in [2.05, 4.69) is 8.37 Å². The third-order valence-electron chi connectivity index (χ3n) is 5.44. The molecule has 0 radical (unpaired) electrons. The second kappa shape index (κ2) is 12.9. The maximum absolute atomic E-state index is 14.0. The van der Waals surface area contributed by atoms with Crippen LogP contribution in [0.3, 0.4) is 0 Å². The van der Waals surface area contributed by atoms with Gasteiger partial charge in [-0.15, -0.1) is 0 Å². The van der Waals surface area contributed by atoms with E-state index in [1.54, 1.807) is 0 Å². The van der Waals surface area contributed by atoms with Crippen LogP contribution in [0, 0.1) is 0 Å². The van der Waals surface area contributed by atoms with E-state index in [-0.39, 0.29) is 57.5 Å². The van der Waals surface area contributed by atoms with Crippen LogP contribution in [0.15, 0.2) is 45.0 Å². The van der Waals surface area contributed by atoms with Crippen molar-refractivity contribution in [2.75, 3.05) is 13.2 Å². The maximum atomic E-state index is 14.0. The Bertz CT molecular complexity index is 1600. The van der Waals surface area contributed by atoms with E-state index in [9.17, 15) is 64.9 Å². The predicted molar refractivity (Wildman–Crippen MR) is 119 cm³/mol. The molecule has 0 aromatic heterocycles. The van der Waals surface area contributed by atoms with E-state index in [1.165, 1.54) is 0 Å². The molecular formula is C20H19F8KO9S3. The van der Waals surface area contributed by atoms with E-state index in [1.807, 2.05) is 0 Å². The van der Waals surface area contributed by atoms with Crippen LogP contribution < -0.4 is 51.4 Å². The van der Waals surface area contributed by atoms with Gasteiger partial charge >= 0.3 is 75.1 Å². The molecule has 2 aromatic rings. The number of hydrogen-bond acceptors (Lipinski definition) is 9. The minimum atomic E-state index is -6.26. The van der Waals surface area contributed by atoms with Crippen LogP contribution in [0.25, 0.3) is 10.8 Å². The van der Waals surface area contributed by atoms with Crippen molar-refractivity contribution in [2.45, 2.75) is 65.1 Å². The van der Waals surface area contributed by atoms with E-state index < -0.39 is 106 Å². The molecule has 41 heavy (non-hydrogen) atoms. The molecular weight excluding hydrogens is 671 g/mol. The van der Waals surface area contributed by atoms with Gasteiger partial charge in [0.1, 0.15) is 33.1 Å². The van der Waals surface area contributed by atoms with Crippen molar-refractivity contribution < 1.29 is 125 Å². The summed E-state index contributed by atoms with van der Waals surface area (Å²) in [6, 6.07) is 3.97. The molecule has 0 aliphatic heterocycles. The van der Waals surface area contributed by atoms with E-state index >= 15 is 0 Å². The fourth-order valence-corrected chi connectivity index (χ4v) is 7.26. The Morgan fingerprint density at radius 3 is 1.46 bits per heavy atom. The summed E-state index contributed by atoms with van der Waals surface area (Å²) < 4.78 is 205. The summed E-state index contributed by atoms with van der Waals surface area (Å²) >= 11 is 0. The van der Waals surface area contributed by atoms with Crippen LogP contribution in [-0.4, -0.2) is 66.7 Å². The Kier molecular flexibility index (Phi) is 12.1. The standard InChI is InChI=1S/C20H20F8O9S3.K/c1-3-17(21,22)19(25,26)10-36-39(32,33)15-13-8-6-5-7-12(13)9-14(38(29,30)31)16(15)40(34,35)37-11-20(27,28)18(23,24)4-2;/h5-9H,3-4,10-11H2,1-2H3,(H,29,30,31);/q;+1/p-1. The Hall–Kier alpha value is -0.494. The van der Waals surface area contributed by atoms with Crippen molar-refractivity contribution in [3.05, 3.63) is 30.3 Å². The Balaban J connectivity index is 0.00000840. The van der Waals surface area contributed by atoms with Crippen molar-refractivity contribution in [1.29, 1.82) is 0 Å². The molecule has 2 rings (SSSR count). The first-order valence-electron chi connectivity index (χ1n) is 10.7. The summed E-state index contributed by atoms with van der Waals surface area (Å²) in [6.07, 6.45) is -3.05. The largest absolute Gasteiger partial charge is 1.00 e. The van der Waals surface area contributed by atoms with Crippen molar-refractivity contribution in [1.82, 2.24) is 0 Å². The van der Waals surface area contributed by atoms with Gasteiger partial charge in [-0.25, -0.2) is 8.42 Å². The molecule has 0 fully saturated rings. The van der Waals surface area contributed by atoms with Gasteiger partial charge in [0.25, 0.3) is 20.2 Å². The number of fused-ring (bicyclic) bond motifs is 1. The van der Waals surface area contributed by atoms with Crippen LogP contribution >= 0.6 is 0 Å². The van der Waals surface area contributed by atoms with Gasteiger partial charge in [0.2, 0.25) is 0 Å². The zero-order valence-electron chi connectivity index (χ0n) is 21.1. The number of halogens is 8. The molecule has 0 N–H and O–H groups in total. The first-order chi connectivity index (χ1) is 17.9. The molecule has 228 valence electrons. The second-order valence-electron chi connectivity index (χ2n) is 8.17. The van der Waals surface area contributed by atoms with Gasteiger partial charge in [0, 0.05) is 18.2 Å². The summed E-state index contributed by atoms with van der Waals surface area (Å²) in [4.78, 5) is -6.17. The number of alkyl halides is 8. The van der Waals surface area contributed by atoms with E-state index in [0.717, 1.165) is 24.3 Å². The first kappa shape index (κ1) is 38.5. The third-order valence-corrected chi connectivity index (χ3v) is 9.26. The predicted octanol–water partition coefficient (Wildman–Crippen LogP) is 1.52.